The first-order valence-electron chi connectivity index (χ1n) is 10.2. The molecule has 1 unspecified atom stereocenters. The molecule has 6 nitrogen and oxygen atoms in total. The summed E-state index contributed by atoms with van der Waals surface area (Å²) >= 11 is 6.04. The number of benzene rings is 2. The lowest BCUT2D eigenvalue weighted by Crippen LogP contribution is -2.36. The van der Waals surface area contributed by atoms with E-state index >= 15 is 0 Å². The van der Waals surface area contributed by atoms with Gasteiger partial charge in [0, 0.05) is 28.3 Å². The summed E-state index contributed by atoms with van der Waals surface area (Å²) in [5, 5.41) is 8.86. The number of carbonyl (C=O) groups is 1. The third-order valence-electron chi connectivity index (χ3n) is 5.84. The fourth-order valence-corrected chi connectivity index (χ4v) is 4.58. The Morgan fingerprint density at radius 3 is 2.68 bits per heavy atom. The summed E-state index contributed by atoms with van der Waals surface area (Å²) < 4.78 is 7.25. The average molecular weight is 435 g/mol. The highest BCUT2D eigenvalue weighted by Gasteiger charge is 2.42. The van der Waals surface area contributed by atoms with Gasteiger partial charge in [-0.2, -0.15) is 4.98 Å². The zero-order valence-electron chi connectivity index (χ0n) is 17.6. The summed E-state index contributed by atoms with van der Waals surface area (Å²) in [6.07, 6.45) is 1.28. The van der Waals surface area contributed by atoms with Crippen molar-refractivity contribution in [2.24, 2.45) is 5.41 Å². The van der Waals surface area contributed by atoms with Crippen LogP contribution in [0.25, 0.3) is 11.4 Å². The molecule has 0 amide bonds. The van der Waals surface area contributed by atoms with E-state index in [1.807, 2.05) is 53.2 Å². The molecule has 0 spiro atoms. The maximum Gasteiger partial charge on any atom is 0.226 e. The Labute approximate surface area is 185 Å². The summed E-state index contributed by atoms with van der Waals surface area (Å²) in [5.74, 6) is 2.09. The van der Waals surface area contributed by atoms with E-state index < -0.39 is 0 Å². The largest absolute Gasteiger partial charge is 0.497 e. The summed E-state index contributed by atoms with van der Waals surface area (Å²) in [6, 6.07) is 14.9. The standard InChI is InChI=1S/C24H23ClN4O2/c1-24(2)12-18-20(19(30)13-24)21(15-5-4-6-17(11-15)31-3)29-23(26-18)27-22(28-29)14-7-9-16(25)10-8-14/h4-11,21H,12-13H2,1-3H3,(H,26,27,28). The van der Waals surface area contributed by atoms with Crippen LogP contribution >= 0.6 is 11.6 Å². The second-order valence-electron chi connectivity index (χ2n) is 8.85. The second kappa shape index (κ2) is 7.24. The van der Waals surface area contributed by atoms with Crippen molar-refractivity contribution >= 4 is 23.3 Å². The Kier molecular flexibility index (Phi) is 4.63. The molecule has 0 saturated heterocycles. The highest BCUT2D eigenvalue weighted by atomic mass is 35.5. The van der Waals surface area contributed by atoms with Crippen molar-refractivity contribution in [2.75, 3.05) is 12.4 Å². The number of ether oxygens (including phenoxy) is 1. The third kappa shape index (κ3) is 3.51. The van der Waals surface area contributed by atoms with Crippen molar-refractivity contribution in [1.29, 1.82) is 0 Å². The van der Waals surface area contributed by atoms with Crippen LogP contribution in [0.4, 0.5) is 5.95 Å². The number of nitrogens with zero attached hydrogens (tertiary/aromatic N) is 3. The van der Waals surface area contributed by atoms with E-state index in [9.17, 15) is 4.79 Å². The van der Waals surface area contributed by atoms with Gasteiger partial charge >= 0.3 is 0 Å². The monoisotopic (exact) mass is 434 g/mol. The van der Waals surface area contributed by atoms with Crippen molar-refractivity contribution in [1.82, 2.24) is 14.8 Å². The smallest absolute Gasteiger partial charge is 0.226 e. The quantitative estimate of drug-likeness (QED) is 0.608. The summed E-state index contributed by atoms with van der Waals surface area (Å²) in [4.78, 5) is 18.1. The van der Waals surface area contributed by atoms with Crippen LogP contribution in [0.2, 0.25) is 5.02 Å². The molecular weight excluding hydrogens is 412 g/mol. The van der Waals surface area contributed by atoms with Crippen molar-refractivity contribution < 1.29 is 9.53 Å². The Morgan fingerprint density at radius 1 is 1.16 bits per heavy atom. The first-order chi connectivity index (χ1) is 14.8. The Bertz CT molecular complexity index is 1210. The van der Waals surface area contributed by atoms with Crippen LogP contribution in [0.3, 0.4) is 0 Å². The van der Waals surface area contributed by atoms with Crippen LogP contribution in [-0.2, 0) is 4.79 Å². The Morgan fingerprint density at radius 2 is 1.94 bits per heavy atom. The minimum Gasteiger partial charge on any atom is -0.497 e. The number of Topliss-reactive ketones (excluding diaryl/α,β-unsaturated/α-hetero) is 1. The van der Waals surface area contributed by atoms with E-state index in [4.69, 9.17) is 26.4 Å². The molecule has 2 heterocycles. The molecule has 0 radical (unpaired) electrons. The van der Waals surface area contributed by atoms with Gasteiger partial charge in [-0.15, -0.1) is 5.10 Å². The van der Waals surface area contributed by atoms with Gasteiger partial charge in [0.05, 0.1) is 7.11 Å². The molecule has 31 heavy (non-hydrogen) atoms. The fourth-order valence-electron chi connectivity index (χ4n) is 4.45. The molecule has 1 aliphatic heterocycles. The lowest BCUT2D eigenvalue weighted by Gasteiger charge is -2.38. The number of nitrogens with one attached hydrogen (secondary N) is 1. The van der Waals surface area contributed by atoms with Gasteiger partial charge in [-0.3, -0.25) is 4.79 Å². The van der Waals surface area contributed by atoms with Gasteiger partial charge in [0.2, 0.25) is 5.95 Å². The number of anilines is 1. The van der Waals surface area contributed by atoms with Gasteiger partial charge in [0.15, 0.2) is 11.6 Å². The lowest BCUT2D eigenvalue weighted by molar-refractivity contribution is -0.118. The Hall–Kier alpha value is -3.12. The molecule has 1 N–H and O–H groups in total. The number of hydrogen-bond acceptors (Lipinski definition) is 5. The van der Waals surface area contributed by atoms with Crippen LogP contribution in [0.15, 0.2) is 59.8 Å². The SMILES string of the molecule is COc1cccc(C2C3=C(CC(C)(C)CC3=O)Nc3nc(-c4ccc(Cl)cc4)nn32)c1. The zero-order chi connectivity index (χ0) is 21.8. The van der Waals surface area contributed by atoms with Gasteiger partial charge in [-0.25, -0.2) is 4.68 Å². The summed E-state index contributed by atoms with van der Waals surface area (Å²) in [6.45, 7) is 4.24. The number of allylic oxidation sites excluding steroid dienone is 2. The zero-order valence-corrected chi connectivity index (χ0v) is 18.4. The fraction of sp³-hybridized carbons (Fsp3) is 0.292. The van der Waals surface area contributed by atoms with E-state index in [-0.39, 0.29) is 17.2 Å². The molecule has 3 aromatic rings. The van der Waals surface area contributed by atoms with Gasteiger partial charge in [-0.05, 0) is 53.8 Å². The van der Waals surface area contributed by atoms with Crippen LogP contribution in [0, 0.1) is 5.41 Å². The minimum absolute atomic E-state index is 0.108. The highest BCUT2D eigenvalue weighted by Crippen LogP contribution is 2.46. The highest BCUT2D eigenvalue weighted by molar-refractivity contribution is 6.30. The number of hydrogen-bond donors (Lipinski definition) is 1. The van der Waals surface area contributed by atoms with E-state index in [1.54, 1.807) is 7.11 Å². The number of aromatic nitrogens is 3. The number of ketones is 1. The van der Waals surface area contributed by atoms with Gasteiger partial charge < -0.3 is 10.1 Å². The summed E-state index contributed by atoms with van der Waals surface area (Å²) in [5.41, 5.74) is 3.38. The summed E-state index contributed by atoms with van der Waals surface area (Å²) in [7, 11) is 1.64. The van der Waals surface area contributed by atoms with E-state index in [1.165, 1.54) is 0 Å². The van der Waals surface area contributed by atoms with E-state index in [0.717, 1.165) is 34.6 Å². The molecule has 2 aliphatic rings. The Balaban J connectivity index is 1.68. The first-order valence-corrected chi connectivity index (χ1v) is 10.6. The minimum atomic E-state index is -0.362. The molecule has 1 atom stereocenters. The van der Waals surface area contributed by atoms with Crippen molar-refractivity contribution in [3.8, 4) is 17.1 Å². The molecular formula is C24H23ClN4O2. The number of halogens is 1. The molecule has 1 aromatic heterocycles. The normalized spacial score (nSPS) is 19.5. The predicted molar refractivity (Wildman–Crippen MR) is 120 cm³/mol. The molecule has 2 aromatic carbocycles. The second-order valence-corrected chi connectivity index (χ2v) is 9.28. The van der Waals surface area contributed by atoms with Gasteiger partial charge in [-0.1, -0.05) is 37.6 Å². The number of fused-ring (bicyclic) bond motifs is 1. The number of carbonyl (C=O) groups excluding carboxylic acids is 1. The molecule has 1 aliphatic carbocycles. The van der Waals surface area contributed by atoms with Gasteiger partial charge in [0.25, 0.3) is 0 Å². The van der Waals surface area contributed by atoms with Crippen LogP contribution in [0.5, 0.6) is 5.75 Å². The number of methoxy groups -OCH3 is 1. The first kappa shape index (κ1) is 19.8. The number of rotatable bonds is 3. The molecule has 158 valence electrons. The third-order valence-corrected chi connectivity index (χ3v) is 6.10. The van der Waals surface area contributed by atoms with Crippen molar-refractivity contribution in [3.05, 3.63) is 70.4 Å². The maximum absolute atomic E-state index is 13.3. The molecule has 0 fully saturated rings. The molecule has 7 heteroatoms. The van der Waals surface area contributed by atoms with E-state index in [0.29, 0.717) is 23.2 Å². The molecule has 5 rings (SSSR count). The van der Waals surface area contributed by atoms with Crippen LogP contribution in [-0.4, -0.2) is 27.7 Å². The average Bonchev–Trinajstić information content (AvgIpc) is 3.15. The van der Waals surface area contributed by atoms with Crippen LogP contribution in [0.1, 0.15) is 38.3 Å². The molecule has 0 bridgehead atoms. The lowest BCUT2D eigenvalue weighted by atomic mass is 9.73. The molecule has 0 saturated carbocycles. The van der Waals surface area contributed by atoms with E-state index in [2.05, 4.69) is 19.2 Å². The maximum atomic E-state index is 13.3. The van der Waals surface area contributed by atoms with Crippen molar-refractivity contribution in [2.45, 2.75) is 32.7 Å². The van der Waals surface area contributed by atoms with Gasteiger partial charge in [0.1, 0.15) is 11.8 Å². The van der Waals surface area contributed by atoms with Crippen LogP contribution < -0.4 is 10.1 Å². The topological polar surface area (TPSA) is 69.0 Å². The predicted octanol–water partition coefficient (Wildman–Crippen LogP) is 5.27. The van der Waals surface area contributed by atoms with Crippen molar-refractivity contribution in [3.63, 3.8) is 0 Å².